The maximum atomic E-state index is 13.6. The van der Waals surface area contributed by atoms with Crippen molar-refractivity contribution in [1.82, 2.24) is 4.98 Å². The second-order valence-electron chi connectivity index (χ2n) is 4.19. The van der Waals surface area contributed by atoms with Gasteiger partial charge in [0.2, 0.25) is 5.82 Å². The minimum absolute atomic E-state index is 0.123. The predicted octanol–water partition coefficient (Wildman–Crippen LogP) is 3.44. The Hall–Kier alpha value is -2.57. The van der Waals surface area contributed by atoms with E-state index in [1.807, 2.05) is 0 Å². The molecule has 1 atom stereocenters. The van der Waals surface area contributed by atoms with Crippen LogP contribution in [0.1, 0.15) is 18.5 Å². The van der Waals surface area contributed by atoms with Crippen LogP contribution in [0.25, 0.3) is 0 Å². The Morgan fingerprint density at radius 2 is 1.90 bits per heavy atom. The summed E-state index contributed by atoms with van der Waals surface area (Å²) in [4.78, 5) is 13.6. The highest BCUT2D eigenvalue weighted by molar-refractivity contribution is 5.54. The number of nitrogens with one attached hydrogen (secondary N) is 1. The van der Waals surface area contributed by atoms with Crippen molar-refractivity contribution in [1.29, 1.82) is 0 Å². The molecule has 1 aromatic carbocycles. The lowest BCUT2D eigenvalue weighted by Crippen LogP contribution is -2.09. The Bertz CT molecular complexity index is 635. The fraction of sp³-hybridized carbons (Fsp3) is 0.154. The molecule has 0 aliphatic rings. The molecule has 0 saturated heterocycles. The lowest BCUT2D eigenvalue weighted by molar-refractivity contribution is -0.387. The summed E-state index contributed by atoms with van der Waals surface area (Å²) in [6.45, 7) is 1.75. The molecular formula is C13H11F2N3O2. The first-order chi connectivity index (χ1) is 9.49. The molecule has 7 heteroatoms. The Labute approximate surface area is 113 Å². The number of anilines is 1. The number of nitro benzene ring substituents is 1. The topological polar surface area (TPSA) is 68.1 Å². The molecule has 1 unspecified atom stereocenters. The molecule has 0 aliphatic heterocycles. The molecule has 0 amide bonds. The van der Waals surface area contributed by atoms with Crippen LogP contribution in [0, 0.1) is 21.7 Å². The number of halogens is 2. The molecule has 0 bridgehead atoms. The second-order valence-corrected chi connectivity index (χ2v) is 4.19. The average Bonchev–Trinajstić information content (AvgIpc) is 2.42. The van der Waals surface area contributed by atoms with E-state index in [4.69, 9.17) is 0 Å². The highest BCUT2D eigenvalue weighted by Gasteiger charge is 2.19. The summed E-state index contributed by atoms with van der Waals surface area (Å²) in [6.07, 6.45) is 3.16. The fourth-order valence-corrected chi connectivity index (χ4v) is 1.76. The van der Waals surface area contributed by atoms with Crippen LogP contribution in [0.15, 0.2) is 36.7 Å². The van der Waals surface area contributed by atoms with Gasteiger partial charge in [-0.25, -0.2) is 4.39 Å². The van der Waals surface area contributed by atoms with E-state index in [2.05, 4.69) is 10.3 Å². The van der Waals surface area contributed by atoms with E-state index in [0.29, 0.717) is 6.07 Å². The van der Waals surface area contributed by atoms with E-state index in [0.717, 1.165) is 11.6 Å². The Balaban J connectivity index is 2.29. The van der Waals surface area contributed by atoms with Crippen molar-refractivity contribution in [3.05, 3.63) is 64.0 Å². The van der Waals surface area contributed by atoms with Crippen LogP contribution in [0.5, 0.6) is 0 Å². The molecule has 2 rings (SSSR count). The normalized spacial score (nSPS) is 11.9. The minimum atomic E-state index is -1.20. The molecule has 5 nitrogen and oxygen atoms in total. The number of rotatable bonds is 4. The Kier molecular flexibility index (Phi) is 3.88. The van der Waals surface area contributed by atoms with Gasteiger partial charge in [0, 0.05) is 30.6 Å². The number of hydrogen-bond acceptors (Lipinski definition) is 4. The largest absolute Gasteiger partial charge is 0.376 e. The molecular weight excluding hydrogens is 268 g/mol. The molecule has 1 aromatic heterocycles. The third-order valence-electron chi connectivity index (χ3n) is 2.81. The maximum Gasteiger partial charge on any atom is 0.307 e. The van der Waals surface area contributed by atoms with Crippen molar-refractivity contribution in [3.63, 3.8) is 0 Å². The van der Waals surface area contributed by atoms with Crippen LogP contribution < -0.4 is 5.32 Å². The molecule has 0 fully saturated rings. The van der Waals surface area contributed by atoms with Gasteiger partial charge in [0.15, 0.2) is 0 Å². The number of nitrogens with zero attached hydrogens (tertiary/aromatic N) is 2. The van der Waals surface area contributed by atoms with Crippen molar-refractivity contribution < 1.29 is 13.7 Å². The lowest BCUT2D eigenvalue weighted by atomic mass is 10.1. The highest BCUT2D eigenvalue weighted by atomic mass is 19.1. The van der Waals surface area contributed by atoms with Crippen molar-refractivity contribution in [2.24, 2.45) is 0 Å². The molecule has 0 radical (unpaired) electrons. The van der Waals surface area contributed by atoms with Crippen molar-refractivity contribution in [2.75, 3.05) is 5.32 Å². The van der Waals surface area contributed by atoms with Gasteiger partial charge in [-0.15, -0.1) is 0 Å². The van der Waals surface area contributed by atoms with E-state index in [9.17, 15) is 18.9 Å². The third-order valence-corrected chi connectivity index (χ3v) is 2.81. The molecule has 1 N–H and O–H groups in total. The summed E-state index contributed by atoms with van der Waals surface area (Å²) >= 11 is 0. The summed E-state index contributed by atoms with van der Waals surface area (Å²) in [5.41, 5.74) is -0.0652. The van der Waals surface area contributed by atoms with Gasteiger partial charge in [0.05, 0.1) is 10.6 Å². The fourth-order valence-electron chi connectivity index (χ4n) is 1.76. The molecule has 20 heavy (non-hydrogen) atoms. The number of benzene rings is 1. The van der Waals surface area contributed by atoms with Crippen LogP contribution in [-0.4, -0.2) is 9.91 Å². The summed E-state index contributed by atoms with van der Waals surface area (Å²) in [6, 6.07) is 4.50. The standard InChI is InChI=1S/C13H11F2N3O2/c1-8(9-2-4-16-5-3-9)17-12-7-13(18(19)20)11(15)6-10(12)14/h2-8,17H,1H3. The van der Waals surface area contributed by atoms with E-state index in [1.165, 1.54) is 0 Å². The van der Waals surface area contributed by atoms with Crippen LogP contribution in [0.2, 0.25) is 0 Å². The summed E-state index contributed by atoms with van der Waals surface area (Å²) in [7, 11) is 0. The van der Waals surface area contributed by atoms with Gasteiger partial charge >= 0.3 is 5.69 Å². The van der Waals surface area contributed by atoms with Crippen LogP contribution >= 0.6 is 0 Å². The van der Waals surface area contributed by atoms with Gasteiger partial charge in [-0.2, -0.15) is 4.39 Å². The van der Waals surface area contributed by atoms with Gasteiger partial charge in [0.1, 0.15) is 5.82 Å². The van der Waals surface area contributed by atoms with Gasteiger partial charge in [-0.3, -0.25) is 15.1 Å². The molecule has 0 saturated carbocycles. The Morgan fingerprint density at radius 3 is 2.50 bits per heavy atom. The van der Waals surface area contributed by atoms with Crippen LogP contribution in [0.3, 0.4) is 0 Å². The smallest absolute Gasteiger partial charge is 0.307 e. The first kappa shape index (κ1) is 13.9. The number of aromatic nitrogens is 1. The molecule has 1 heterocycles. The lowest BCUT2D eigenvalue weighted by Gasteiger charge is -2.16. The third kappa shape index (κ3) is 2.87. The first-order valence-corrected chi connectivity index (χ1v) is 5.79. The van der Waals surface area contributed by atoms with Gasteiger partial charge < -0.3 is 5.32 Å². The van der Waals surface area contributed by atoms with E-state index in [-0.39, 0.29) is 11.7 Å². The zero-order valence-electron chi connectivity index (χ0n) is 10.5. The highest BCUT2D eigenvalue weighted by Crippen LogP contribution is 2.27. The van der Waals surface area contributed by atoms with Gasteiger partial charge in [-0.1, -0.05) is 0 Å². The van der Waals surface area contributed by atoms with E-state index < -0.39 is 22.2 Å². The first-order valence-electron chi connectivity index (χ1n) is 5.79. The summed E-state index contributed by atoms with van der Waals surface area (Å²) in [5, 5.41) is 13.4. The van der Waals surface area contributed by atoms with E-state index >= 15 is 0 Å². The van der Waals surface area contributed by atoms with Crippen LogP contribution in [-0.2, 0) is 0 Å². The van der Waals surface area contributed by atoms with E-state index in [1.54, 1.807) is 31.5 Å². The number of nitro groups is 1. The summed E-state index contributed by atoms with van der Waals surface area (Å²) < 4.78 is 26.9. The minimum Gasteiger partial charge on any atom is -0.376 e. The maximum absolute atomic E-state index is 13.6. The monoisotopic (exact) mass is 279 g/mol. The zero-order valence-corrected chi connectivity index (χ0v) is 10.5. The average molecular weight is 279 g/mol. The quantitative estimate of drug-likeness (QED) is 0.687. The SMILES string of the molecule is CC(Nc1cc([N+](=O)[O-])c(F)cc1F)c1ccncc1. The molecule has 104 valence electrons. The molecule has 0 spiro atoms. The van der Waals surface area contributed by atoms with Crippen molar-refractivity contribution in [3.8, 4) is 0 Å². The Morgan fingerprint density at radius 1 is 1.25 bits per heavy atom. The number of pyridine rings is 1. The number of hydrogen-bond donors (Lipinski definition) is 1. The van der Waals surface area contributed by atoms with Crippen LogP contribution in [0.4, 0.5) is 20.2 Å². The second kappa shape index (κ2) is 5.60. The van der Waals surface area contributed by atoms with Crippen molar-refractivity contribution >= 4 is 11.4 Å². The predicted molar refractivity (Wildman–Crippen MR) is 69.3 cm³/mol. The van der Waals surface area contributed by atoms with Crippen molar-refractivity contribution in [2.45, 2.75) is 13.0 Å². The molecule has 0 aliphatic carbocycles. The van der Waals surface area contributed by atoms with Gasteiger partial charge in [0.25, 0.3) is 0 Å². The zero-order chi connectivity index (χ0) is 14.7. The summed E-state index contributed by atoms with van der Waals surface area (Å²) in [5.74, 6) is -2.08. The molecule has 2 aromatic rings. The van der Waals surface area contributed by atoms with Gasteiger partial charge in [-0.05, 0) is 24.6 Å².